The van der Waals surface area contributed by atoms with E-state index in [2.05, 4.69) is 11.6 Å². The molecule has 17 heavy (non-hydrogen) atoms. The van der Waals surface area contributed by atoms with Crippen molar-refractivity contribution in [2.24, 2.45) is 0 Å². The number of phenols is 2. The molecule has 2 rings (SSSR count). The number of phenolic OH excluding ortho intramolecular Hbond substituents is 2. The summed E-state index contributed by atoms with van der Waals surface area (Å²) < 4.78 is 0. The molecule has 2 unspecified atom stereocenters. The predicted octanol–water partition coefficient (Wildman–Crippen LogP) is 2.47. The van der Waals surface area contributed by atoms with Gasteiger partial charge in [0.25, 0.3) is 0 Å². The van der Waals surface area contributed by atoms with Crippen LogP contribution in [-0.2, 0) is 6.54 Å². The Morgan fingerprint density at radius 1 is 1.35 bits per heavy atom. The molecule has 1 aliphatic carbocycles. The lowest BCUT2D eigenvalue weighted by atomic mass is 10.1. The molecule has 0 saturated heterocycles. The summed E-state index contributed by atoms with van der Waals surface area (Å²) in [5.41, 5.74) is 0.762. The second-order valence-electron chi connectivity index (χ2n) is 4.53. The number of hydrogen-bond acceptors (Lipinski definition) is 4. The lowest BCUT2D eigenvalue weighted by Gasteiger charge is -2.13. The Morgan fingerprint density at radius 2 is 2.18 bits per heavy atom. The van der Waals surface area contributed by atoms with Crippen molar-refractivity contribution in [1.29, 1.82) is 0 Å². The van der Waals surface area contributed by atoms with Gasteiger partial charge in [-0.15, -0.1) is 0 Å². The third-order valence-electron chi connectivity index (χ3n) is 3.40. The minimum absolute atomic E-state index is 0.000543. The van der Waals surface area contributed by atoms with Crippen LogP contribution < -0.4 is 5.32 Å². The highest BCUT2D eigenvalue weighted by Gasteiger charge is 2.23. The lowest BCUT2D eigenvalue weighted by Crippen LogP contribution is -2.26. The van der Waals surface area contributed by atoms with Gasteiger partial charge in [0.1, 0.15) is 0 Å². The first kappa shape index (κ1) is 12.6. The summed E-state index contributed by atoms with van der Waals surface area (Å²) in [6, 6.07) is 5.63. The van der Waals surface area contributed by atoms with Crippen molar-refractivity contribution >= 4 is 11.8 Å². The molecule has 3 N–H and O–H groups in total. The second-order valence-corrected chi connectivity index (χ2v) is 5.67. The molecule has 0 bridgehead atoms. The summed E-state index contributed by atoms with van der Waals surface area (Å²) in [5, 5.41) is 23.3. The third kappa shape index (κ3) is 3.07. The first-order chi connectivity index (χ1) is 8.20. The van der Waals surface area contributed by atoms with Gasteiger partial charge >= 0.3 is 0 Å². The van der Waals surface area contributed by atoms with E-state index in [-0.39, 0.29) is 11.5 Å². The molecule has 0 aromatic heterocycles. The molecule has 1 aromatic carbocycles. The number of aromatic hydroxyl groups is 2. The Labute approximate surface area is 106 Å². The molecule has 2 atom stereocenters. The highest BCUT2D eigenvalue weighted by atomic mass is 32.2. The van der Waals surface area contributed by atoms with Gasteiger partial charge in [-0.1, -0.05) is 12.1 Å². The summed E-state index contributed by atoms with van der Waals surface area (Å²) in [5.74, 6) is -0.0443. The van der Waals surface area contributed by atoms with Crippen LogP contribution in [0.4, 0.5) is 0 Å². The van der Waals surface area contributed by atoms with Crippen molar-refractivity contribution in [3.63, 3.8) is 0 Å². The van der Waals surface area contributed by atoms with Crippen LogP contribution in [0.15, 0.2) is 18.2 Å². The van der Waals surface area contributed by atoms with E-state index in [1.165, 1.54) is 25.3 Å². The summed E-state index contributed by atoms with van der Waals surface area (Å²) in [7, 11) is 0. The SMILES string of the molecule is CSC1CCC(NCc2cccc(O)c2O)C1. The number of para-hydroxylation sites is 1. The smallest absolute Gasteiger partial charge is 0.161 e. The van der Waals surface area contributed by atoms with E-state index in [0.717, 1.165) is 10.8 Å². The molecule has 1 aromatic rings. The molecule has 1 fully saturated rings. The Kier molecular flexibility index (Phi) is 4.18. The van der Waals surface area contributed by atoms with Crippen molar-refractivity contribution in [2.45, 2.75) is 37.1 Å². The average Bonchev–Trinajstić information content (AvgIpc) is 2.79. The van der Waals surface area contributed by atoms with Crippen molar-refractivity contribution in [2.75, 3.05) is 6.26 Å². The van der Waals surface area contributed by atoms with E-state index in [4.69, 9.17) is 0 Å². The highest BCUT2D eigenvalue weighted by molar-refractivity contribution is 7.99. The molecule has 0 radical (unpaired) electrons. The first-order valence-corrected chi connectivity index (χ1v) is 7.25. The zero-order valence-electron chi connectivity index (χ0n) is 10.0. The van der Waals surface area contributed by atoms with E-state index in [1.54, 1.807) is 6.07 Å². The quantitative estimate of drug-likeness (QED) is 0.722. The van der Waals surface area contributed by atoms with Crippen LogP contribution in [0.3, 0.4) is 0 Å². The molecule has 94 valence electrons. The van der Waals surface area contributed by atoms with Crippen LogP contribution in [0.2, 0.25) is 0 Å². The van der Waals surface area contributed by atoms with Gasteiger partial charge in [0.15, 0.2) is 11.5 Å². The maximum atomic E-state index is 9.68. The van der Waals surface area contributed by atoms with Crippen LogP contribution >= 0.6 is 11.8 Å². The molecule has 0 spiro atoms. The standard InChI is InChI=1S/C13H19NO2S/c1-17-11-6-5-10(7-11)14-8-9-3-2-4-12(15)13(9)16/h2-4,10-11,14-16H,5-8H2,1H3. The van der Waals surface area contributed by atoms with E-state index < -0.39 is 0 Å². The lowest BCUT2D eigenvalue weighted by molar-refractivity contribution is 0.395. The average molecular weight is 253 g/mol. The highest BCUT2D eigenvalue weighted by Crippen LogP contribution is 2.30. The molecule has 1 aliphatic rings. The van der Waals surface area contributed by atoms with Crippen molar-refractivity contribution < 1.29 is 10.2 Å². The zero-order chi connectivity index (χ0) is 12.3. The largest absolute Gasteiger partial charge is 0.504 e. The number of benzene rings is 1. The molecular weight excluding hydrogens is 234 g/mol. The van der Waals surface area contributed by atoms with Gasteiger partial charge in [0, 0.05) is 23.4 Å². The van der Waals surface area contributed by atoms with Crippen LogP contribution in [0.5, 0.6) is 11.5 Å². The van der Waals surface area contributed by atoms with Crippen molar-refractivity contribution in [3.05, 3.63) is 23.8 Å². The van der Waals surface area contributed by atoms with Gasteiger partial charge in [-0.05, 0) is 31.6 Å². The maximum absolute atomic E-state index is 9.68. The minimum atomic E-state index is -0.0438. The molecule has 3 nitrogen and oxygen atoms in total. The molecule has 1 saturated carbocycles. The Morgan fingerprint density at radius 3 is 2.88 bits per heavy atom. The molecule has 0 heterocycles. The minimum Gasteiger partial charge on any atom is -0.504 e. The van der Waals surface area contributed by atoms with Crippen LogP contribution in [0, 0.1) is 0 Å². The van der Waals surface area contributed by atoms with Crippen LogP contribution in [-0.4, -0.2) is 27.8 Å². The Balaban J connectivity index is 1.88. The van der Waals surface area contributed by atoms with Crippen molar-refractivity contribution in [1.82, 2.24) is 5.32 Å². The second kappa shape index (κ2) is 5.65. The molecular formula is C13H19NO2S. The fourth-order valence-corrected chi connectivity index (χ4v) is 3.11. The normalized spacial score (nSPS) is 24.1. The number of nitrogens with one attached hydrogen (secondary N) is 1. The molecule has 0 aliphatic heterocycles. The number of thioether (sulfide) groups is 1. The Hall–Kier alpha value is -0.870. The summed E-state index contributed by atoms with van der Waals surface area (Å²) >= 11 is 1.93. The fourth-order valence-electron chi connectivity index (χ4n) is 2.31. The van der Waals surface area contributed by atoms with Gasteiger partial charge < -0.3 is 15.5 Å². The first-order valence-electron chi connectivity index (χ1n) is 5.96. The summed E-state index contributed by atoms with van der Waals surface area (Å²) in [4.78, 5) is 0. The third-order valence-corrected chi connectivity index (χ3v) is 4.49. The zero-order valence-corrected chi connectivity index (χ0v) is 10.8. The predicted molar refractivity (Wildman–Crippen MR) is 71.6 cm³/mol. The van der Waals surface area contributed by atoms with Gasteiger partial charge in [-0.2, -0.15) is 11.8 Å². The van der Waals surface area contributed by atoms with Crippen LogP contribution in [0.1, 0.15) is 24.8 Å². The van der Waals surface area contributed by atoms with Crippen molar-refractivity contribution in [3.8, 4) is 11.5 Å². The fraction of sp³-hybridized carbons (Fsp3) is 0.538. The van der Waals surface area contributed by atoms with Gasteiger partial charge in [-0.3, -0.25) is 0 Å². The topological polar surface area (TPSA) is 52.5 Å². The van der Waals surface area contributed by atoms with E-state index in [0.29, 0.717) is 12.6 Å². The van der Waals surface area contributed by atoms with E-state index in [9.17, 15) is 10.2 Å². The monoisotopic (exact) mass is 253 g/mol. The van der Waals surface area contributed by atoms with E-state index >= 15 is 0 Å². The number of rotatable bonds is 4. The van der Waals surface area contributed by atoms with E-state index in [1.807, 2.05) is 17.8 Å². The molecule has 0 amide bonds. The molecule has 4 heteroatoms. The maximum Gasteiger partial charge on any atom is 0.161 e. The van der Waals surface area contributed by atoms with Gasteiger partial charge in [0.2, 0.25) is 0 Å². The summed E-state index contributed by atoms with van der Waals surface area (Å²) in [6.07, 6.45) is 5.82. The summed E-state index contributed by atoms with van der Waals surface area (Å²) in [6.45, 7) is 0.617. The number of hydrogen-bond donors (Lipinski definition) is 3. The van der Waals surface area contributed by atoms with Gasteiger partial charge in [0.05, 0.1) is 0 Å². The van der Waals surface area contributed by atoms with Gasteiger partial charge in [-0.25, -0.2) is 0 Å². The Bertz CT molecular complexity index is 384. The van der Waals surface area contributed by atoms with Crippen LogP contribution in [0.25, 0.3) is 0 Å².